The van der Waals surface area contributed by atoms with Crippen molar-refractivity contribution in [2.75, 3.05) is 19.8 Å². The first-order valence-corrected chi connectivity index (χ1v) is 11.6. The molecule has 1 saturated heterocycles. The van der Waals surface area contributed by atoms with Crippen LogP contribution in [0.5, 0.6) is 0 Å². The highest BCUT2D eigenvalue weighted by Crippen LogP contribution is 2.67. The van der Waals surface area contributed by atoms with Crippen LogP contribution in [-0.4, -0.2) is 37.1 Å². The molecule has 0 bridgehead atoms. The minimum atomic E-state index is -0.123. The van der Waals surface area contributed by atoms with Crippen LogP contribution in [0.25, 0.3) is 0 Å². The standard InChI is InChI=1S/C25H38O3/c1-15-11-17-13-18(26)5-7-24(17,3)19-6-8-25(4)20(22(15)19)12-16(2)23(25)21-14-27-9-10-28-21/h11,15,18-22,26H,5-10,12-14H2,1-4H3/t15?,18?,19-,20+,21?,22-,24+,25+/m1/s1. The fourth-order valence-electron chi connectivity index (χ4n) is 8.26. The van der Waals surface area contributed by atoms with Crippen LogP contribution in [0.2, 0.25) is 0 Å². The molecule has 8 atom stereocenters. The summed E-state index contributed by atoms with van der Waals surface area (Å²) in [5.74, 6) is 2.85. The van der Waals surface area contributed by atoms with Gasteiger partial charge in [-0.2, -0.15) is 0 Å². The van der Waals surface area contributed by atoms with E-state index in [0.717, 1.165) is 56.8 Å². The van der Waals surface area contributed by atoms with Gasteiger partial charge < -0.3 is 14.6 Å². The monoisotopic (exact) mass is 386 g/mol. The molecular weight excluding hydrogens is 348 g/mol. The number of hydrogen-bond acceptors (Lipinski definition) is 3. The fourth-order valence-corrected chi connectivity index (χ4v) is 8.26. The topological polar surface area (TPSA) is 38.7 Å². The molecule has 4 aliphatic carbocycles. The number of aliphatic hydroxyl groups is 1. The lowest BCUT2D eigenvalue weighted by Crippen LogP contribution is -2.53. The van der Waals surface area contributed by atoms with E-state index in [1.807, 2.05) is 0 Å². The molecule has 0 aromatic carbocycles. The zero-order valence-corrected chi connectivity index (χ0v) is 18.2. The van der Waals surface area contributed by atoms with E-state index in [4.69, 9.17) is 9.47 Å². The van der Waals surface area contributed by atoms with Gasteiger partial charge in [-0.3, -0.25) is 0 Å². The molecule has 0 spiro atoms. The van der Waals surface area contributed by atoms with Gasteiger partial charge in [0.15, 0.2) is 0 Å². The molecule has 2 saturated carbocycles. The Balaban J connectivity index is 1.49. The van der Waals surface area contributed by atoms with Gasteiger partial charge in [0.1, 0.15) is 6.10 Å². The number of rotatable bonds is 1. The van der Waals surface area contributed by atoms with Crippen molar-refractivity contribution in [1.82, 2.24) is 0 Å². The van der Waals surface area contributed by atoms with Crippen molar-refractivity contribution in [3.05, 3.63) is 22.8 Å². The van der Waals surface area contributed by atoms with Gasteiger partial charge in [0.05, 0.1) is 25.9 Å². The number of allylic oxidation sites excluding steroid dienone is 2. The maximum atomic E-state index is 10.3. The predicted molar refractivity (Wildman–Crippen MR) is 111 cm³/mol. The second-order valence-electron chi connectivity index (χ2n) is 10.9. The third-order valence-corrected chi connectivity index (χ3v) is 9.54. The predicted octanol–water partition coefficient (Wildman–Crippen LogP) is 4.90. The number of ether oxygens (including phenoxy) is 2. The first kappa shape index (κ1) is 19.3. The summed E-state index contributed by atoms with van der Waals surface area (Å²) in [6, 6.07) is 0. The van der Waals surface area contributed by atoms with Crippen LogP contribution in [0.15, 0.2) is 22.8 Å². The Kier molecular flexibility index (Phi) is 4.61. The highest BCUT2D eigenvalue weighted by Gasteiger charge is 2.60. The van der Waals surface area contributed by atoms with E-state index in [0.29, 0.717) is 11.3 Å². The van der Waals surface area contributed by atoms with Gasteiger partial charge in [0.25, 0.3) is 0 Å². The largest absolute Gasteiger partial charge is 0.393 e. The molecule has 3 heteroatoms. The molecule has 5 aliphatic rings. The van der Waals surface area contributed by atoms with Crippen LogP contribution in [0.1, 0.15) is 66.2 Å². The minimum absolute atomic E-state index is 0.123. The summed E-state index contributed by atoms with van der Waals surface area (Å²) < 4.78 is 12.0. The van der Waals surface area contributed by atoms with E-state index in [1.54, 1.807) is 16.7 Å². The molecular formula is C25H38O3. The van der Waals surface area contributed by atoms with Gasteiger partial charge in [0, 0.05) is 0 Å². The highest BCUT2D eigenvalue weighted by atomic mass is 16.6. The zero-order valence-electron chi connectivity index (χ0n) is 18.2. The van der Waals surface area contributed by atoms with Crippen LogP contribution in [0, 0.1) is 34.5 Å². The second-order valence-corrected chi connectivity index (χ2v) is 10.9. The maximum Gasteiger partial charge on any atom is 0.103 e. The summed E-state index contributed by atoms with van der Waals surface area (Å²) >= 11 is 0. The summed E-state index contributed by atoms with van der Waals surface area (Å²) in [5.41, 5.74) is 5.30. The molecule has 3 nitrogen and oxygen atoms in total. The van der Waals surface area contributed by atoms with Crippen molar-refractivity contribution in [3.63, 3.8) is 0 Å². The third kappa shape index (κ3) is 2.65. The smallest absolute Gasteiger partial charge is 0.103 e. The molecule has 1 N–H and O–H groups in total. The number of fused-ring (bicyclic) bond motifs is 5. The Bertz CT molecular complexity index is 703. The van der Waals surface area contributed by atoms with Gasteiger partial charge in [-0.1, -0.05) is 38.0 Å². The van der Waals surface area contributed by atoms with E-state index in [1.165, 1.54) is 19.3 Å². The zero-order chi connectivity index (χ0) is 19.7. The summed E-state index contributed by atoms with van der Waals surface area (Å²) in [6.45, 7) is 12.1. The van der Waals surface area contributed by atoms with Crippen molar-refractivity contribution < 1.29 is 14.6 Å². The van der Waals surface area contributed by atoms with Crippen molar-refractivity contribution in [3.8, 4) is 0 Å². The first-order valence-electron chi connectivity index (χ1n) is 11.6. The summed E-state index contributed by atoms with van der Waals surface area (Å²) in [7, 11) is 0. The van der Waals surface area contributed by atoms with Crippen LogP contribution in [-0.2, 0) is 9.47 Å². The lowest BCUT2D eigenvalue weighted by molar-refractivity contribution is -0.0924. The average molecular weight is 387 g/mol. The van der Waals surface area contributed by atoms with Crippen molar-refractivity contribution in [2.24, 2.45) is 34.5 Å². The molecule has 156 valence electrons. The van der Waals surface area contributed by atoms with E-state index < -0.39 is 0 Å². The SMILES string of the molecule is CC1=C(C2COCCO2)[C@@]2(C)CC[C@@H]3[C@@H](C(C)C=C4CC(O)CC[C@@]43C)[C@@H]2C1. The Labute approximate surface area is 170 Å². The van der Waals surface area contributed by atoms with Gasteiger partial charge >= 0.3 is 0 Å². The molecule has 5 rings (SSSR count). The number of aliphatic hydroxyl groups excluding tert-OH is 1. The second kappa shape index (κ2) is 6.68. The van der Waals surface area contributed by atoms with E-state index in [2.05, 4.69) is 33.8 Å². The molecule has 0 aromatic heterocycles. The van der Waals surface area contributed by atoms with Crippen molar-refractivity contribution in [2.45, 2.75) is 78.4 Å². The maximum absolute atomic E-state index is 10.3. The summed E-state index contributed by atoms with van der Waals surface area (Å²) in [4.78, 5) is 0. The Morgan fingerprint density at radius 3 is 2.57 bits per heavy atom. The molecule has 0 amide bonds. The lowest BCUT2D eigenvalue weighted by Gasteiger charge is -2.59. The highest BCUT2D eigenvalue weighted by molar-refractivity contribution is 5.36. The van der Waals surface area contributed by atoms with Gasteiger partial charge in [-0.25, -0.2) is 0 Å². The number of hydrogen-bond donors (Lipinski definition) is 1. The summed E-state index contributed by atoms with van der Waals surface area (Å²) in [5, 5.41) is 10.3. The minimum Gasteiger partial charge on any atom is -0.393 e. The van der Waals surface area contributed by atoms with Crippen LogP contribution >= 0.6 is 0 Å². The molecule has 0 aromatic rings. The molecule has 28 heavy (non-hydrogen) atoms. The Morgan fingerprint density at radius 1 is 1.04 bits per heavy atom. The molecule has 3 fully saturated rings. The van der Waals surface area contributed by atoms with Crippen LogP contribution in [0.4, 0.5) is 0 Å². The molecule has 1 heterocycles. The molecule has 0 radical (unpaired) electrons. The molecule has 1 aliphatic heterocycles. The van der Waals surface area contributed by atoms with Gasteiger partial charge in [-0.05, 0) is 85.5 Å². The normalized spacial score (nSPS) is 51.2. The Morgan fingerprint density at radius 2 is 1.82 bits per heavy atom. The summed E-state index contributed by atoms with van der Waals surface area (Å²) in [6.07, 6.45) is 9.50. The van der Waals surface area contributed by atoms with Crippen molar-refractivity contribution >= 4 is 0 Å². The average Bonchev–Trinajstić information content (AvgIpc) is 2.94. The van der Waals surface area contributed by atoms with Crippen LogP contribution < -0.4 is 0 Å². The third-order valence-electron chi connectivity index (χ3n) is 9.54. The van der Waals surface area contributed by atoms with Crippen LogP contribution in [0.3, 0.4) is 0 Å². The first-order chi connectivity index (χ1) is 13.3. The fraction of sp³-hybridized carbons (Fsp3) is 0.840. The van der Waals surface area contributed by atoms with Gasteiger partial charge in [-0.15, -0.1) is 0 Å². The van der Waals surface area contributed by atoms with E-state index in [-0.39, 0.29) is 17.6 Å². The Hall–Kier alpha value is -0.640. The lowest BCUT2D eigenvalue weighted by atomic mass is 9.45. The van der Waals surface area contributed by atoms with E-state index in [9.17, 15) is 5.11 Å². The van der Waals surface area contributed by atoms with Crippen molar-refractivity contribution in [1.29, 1.82) is 0 Å². The quantitative estimate of drug-likeness (QED) is 0.652. The van der Waals surface area contributed by atoms with E-state index >= 15 is 0 Å². The molecule has 3 unspecified atom stereocenters. The van der Waals surface area contributed by atoms with Gasteiger partial charge in [0.2, 0.25) is 0 Å².